The van der Waals surface area contributed by atoms with Crippen LogP contribution in [-0.2, 0) is 0 Å². The van der Waals surface area contributed by atoms with E-state index >= 15 is 0 Å². The van der Waals surface area contributed by atoms with E-state index in [-0.39, 0.29) is 6.10 Å². The van der Waals surface area contributed by atoms with Gasteiger partial charge in [0.05, 0.1) is 6.10 Å². The Morgan fingerprint density at radius 3 is 3.00 bits per heavy atom. The highest BCUT2D eigenvalue weighted by molar-refractivity contribution is 5.56. The number of β-amino-alcohol motifs (C(OH)–C–C–N with tert-alkyl or cyclic N) is 1. The first-order chi connectivity index (χ1) is 6.75. The number of aliphatic hydroxyl groups is 1. The van der Waals surface area contributed by atoms with Gasteiger partial charge >= 0.3 is 0 Å². The van der Waals surface area contributed by atoms with Crippen molar-refractivity contribution in [1.82, 2.24) is 0 Å². The number of nitrogens with two attached hydrogens (primary N) is 1. The smallest absolute Gasteiger partial charge is 0.0715 e. The van der Waals surface area contributed by atoms with Crippen LogP contribution in [0.15, 0.2) is 24.3 Å². The molecule has 1 unspecified atom stereocenters. The van der Waals surface area contributed by atoms with Crippen molar-refractivity contribution >= 4 is 11.4 Å². The van der Waals surface area contributed by atoms with E-state index < -0.39 is 0 Å². The molecule has 1 aromatic rings. The lowest BCUT2D eigenvalue weighted by molar-refractivity contribution is 0.154. The van der Waals surface area contributed by atoms with Crippen LogP contribution in [0.25, 0.3) is 0 Å². The molecule has 0 saturated carbocycles. The SMILES string of the molecule is Nc1cccc(N2CCCC(O)C2)c1. The lowest BCUT2D eigenvalue weighted by atomic mass is 10.1. The third-order valence-electron chi connectivity index (χ3n) is 2.63. The molecule has 1 aliphatic heterocycles. The molecule has 1 aliphatic rings. The number of nitrogens with zero attached hydrogens (tertiary/aromatic N) is 1. The number of hydrogen-bond acceptors (Lipinski definition) is 3. The fraction of sp³-hybridized carbons (Fsp3) is 0.455. The van der Waals surface area contributed by atoms with Crippen LogP contribution < -0.4 is 10.6 Å². The number of piperidine rings is 1. The molecule has 3 nitrogen and oxygen atoms in total. The molecule has 1 atom stereocenters. The first kappa shape index (κ1) is 9.34. The molecule has 1 saturated heterocycles. The quantitative estimate of drug-likeness (QED) is 0.658. The highest BCUT2D eigenvalue weighted by Crippen LogP contribution is 2.21. The van der Waals surface area contributed by atoms with Gasteiger partial charge in [-0.15, -0.1) is 0 Å². The molecule has 0 amide bonds. The Morgan fingerprint density at radius 2 is 2.29 bits per heavy atom. The summed E-state index contributed by atoms with van der Waals surface area (Å²) in [6.07, 6.45) is 1.78. The Hall–Kier alpha value is -1.22. The number of benzene rings is 1. The van der Waals surface area contributed by atoms with Crippen molar-refractivity contribution in [3.63, 3.8) is 0 Å². The third-order valence-corrected chi connectivity index (χ3v) is 2.63. The summed E-state index contributed by atoms with van der Waals surface area (Å²) in [5, 5.41) is 9.54. The normalized spacial score (nSPS) is 22.4. The van der Waals surface area contributed by atoms with Crippen molar-refractivity contribution < 1.29 is 5.11 Å². The van der Waals surface area contributed by atoms with Gasteiger partial charge in [0.2, 0.25) is 0 Å². The van der Waals surface area contributed by atoms with Gasteiger partial charge in [-0.25, -0.2) is 0 Å². The molecule has 0 aliphatic carbocycles. The van der Waals surface area contributed by atoms with Crippen molar-refractivity contribution in [2.45, 2.75) is 18.9 Å². The molecule has 0 radical (unpaired) electrons. The molecule has 2 rings (SSSR count). The second-order valence-corrected chi connectivity index (χ2v) is 3.84. The maximum atomic E-state index is 9.54. The second-order valence-electron chi connectivity index (χ2n) is 3.84. The molecular formula is C11H16N2O. The van der Waals surface area contributed by atoms with Gasteiger partial charge in [-0.2, -0.15) is 0 Å². The maximum Gasteiger partial charge on any atom is 0.0715 e. The largest absolute Gasteiger partial charge is 0.399 e. The van der Waals surface area contributed by atoms with Gasteiger partial charge in [0, 0.05) is 24.5 Å². The molecule has 1 heterocycles. The second kappa shape index (κ2) is 3.88. The summed E-state index contributed by atoms with van der Waals surface area (Å²) in [7, 11) is 0. The first-order valence-electron chi connectivity index (χ1n) is 5.04. The van der Waals surface area contributed by atoms with Crippen LogP contribution in [0.4, 0.5) is 11.4 Å². The van der Waals surface area contributed by atoms with Crippen LogP contribution in [0.2, 0.25) is 0 Å². The molecule has 3 heteroatoms. The lowest BCUT2D eigenvalue weighted by Gasteiger charge is -2.32. The minimum Gasteiger partial charge on any atom is -0.399 e. The molecule has 14 heavy (non-hydrogen) atoms. The third kappa shape index (κ3) is 1.99. The van der Waals surface area contributed by atoms with Gasteiger partial charge in [-0.1, -0.05) is 6.07 Å². The predicted molar refractivity (Wildman–Crippen MR) is 58.3 cm³/mol. The summed E-state index contributed by atoms with van der Waals surface area (Å²) < 4.78 is 0. The van der Waals surface area contributed by atoms with E-state index in [0.717, 1.165) is 37.3 Å². The number of nitrogen functional groups attached to an aromatic ring is 1. The fourth-order valence-electron chi connectivity index (χ4n) is 1.91. The summed E-state index contributed by atoms with van der Waals surface area (Å²) in [5.41, 5.74) is 7.61. The van der Waals surface area contributed by atoms with Gasteiger partial charge in [0.15, 0.2) is 0 Å². The summed E-state index contributed by atoms with van der Waals surface area (Å²) in [5.74, 6) is 0. The molecule has 76 valence electrons. The van der Waals surface area contributed by atoms with Gasteiger partial charge in [0.25, 0.3) is 0 Å². The van der Waals surface area contributed by atoms with Crippen LogP contribution in [0.3, 0.4) is 0 Å². The number of anilines is 2. The number of rotatable bonds is 1. The summed E-state index contributed by atoms with van der Waals surface area (Å²) in [4.78, 5) is 2.19. The zero-order chi connectivity index (χ0) is 9.97. The van der Waals surface area contributed by atoms with E-state index in [1.165, 1.54) is 0 Å². The topological polar surface area (TPSA) is 49.5 Å². The molecule has 1 fully saturated rings. The Kier molecular flexibility index (Phi) is 2.59. The van der Waals surface area contributed by atoms with Gasteiger partial charge in [-0.3, -0.25) is 0 Å². The minimum absolute atomic E-state index is 0.190. The Balaban J connectivity index is 2.14. The van der Waals surface area contributed by atoms with E-state index in [4.69, 9.17) is 5.73 Å². The molecule has 0 aromatic heterocycles. The average molecular weight is 192 g/mol. The zero-order valence-corrected chi connectivity index (χ0v) is 8.19. The molecule has 0 bridgehead atoms. The summed E-state index contributed by atoms with van der Waals surface area (Å²) in [6, 6.07) is 7.82. The Bertz CT molecular complexity index is 314. The maximum absolute atomic E-state index is 9.54. The lowest BCUT2D eigenvalue weighted by Crippen LogP contribution is -2.38. The fourth-order valence-corrected chi connectivity index (χ4v) is 1.91. The monoisotopic (exact) mass is 192 g/mol. The van der Waals surface area contributed by atoms with E-state index in [1.54, 1.807) is 0 Å². The number of hydrogen-bond donors (Lipinski definition) is 2. The van der Waals surface area contributed by atoms with E-state index in [9.17, 15) is 5.11 Å². The van der Waals surface area contributed by atoms with Crippen molar-refractivity contribution in [3.8, 4) is 0 Å². The predicted octanol–water partition coefficient (Wildman–Crippen LogP) is 1.23. The Labute approximate surface area is 84.1 Å². The van der Waals surface area contributed by atoms with Gasteiger partial charge in [0.1, 0.15) is 0 Å². The standard InChI is InChI=1S/C11H16N2O/c12-9-3-1-4-10(7-9)13-6-2-5-11(14)8-13/h1,3-4,7,11,14H,2,5-6,8,12H2. The zero-order valence-electron chi connectivity index (χ0n) is 8.19. The van der Waals surface area contributed by atoms with Crippen LogP contribution in [0.1, 0.15) is 12.8 Å². The average Bonchev–Trinajstić information content (AvgIpc) is 2.18. The van der Waals surface area contributed by atoms with Crippen LogP contribution >= 0.6 is 0 Å². The van der Waals surface area contributed by atoms with Crippen molar-refractivity contribution in [2.24, 2.45) is 0 Å². The van der Waals surface area contributed by atoms with Crippen LogP contribution in [0, 0.1) is 0 Å². The van der Waals surface area contributed by atoms with E-state index in [1.807, 2.05) is 24.3 Å². The van der Waals surface area contributed by atoms with E-state index in [2.05, 4.69) is 4.90 Å². The molecule has 0 spiro atoms. The van der Waals surface area contributed by atoms with Crippen molar-refractivity contribution in [2.75, 3.05) is 23.7 Å². The summed E-state index contributed by atoms with van der Waals surface area (Å²) >= 11 is 0. The Morgan fingerprint density at radius 1 is 1.43 bits per heavy atom. The van der Waals surface area contributed by atoms with Crippen LogP contribution in [0.5, 0.6) is 0 Å². The van der Waals surface area contributed by atoms with Gasteiger partial charge < -0.3 is 15.7 Å². The highest BCUT2D eigenvalue weighted by Gasteiger charge is 2.17. The summed E-state index contributed by atoms with van der Waals surface area (Å²) in [6.45, 7) is 1.74. The van der Waals surface area contributed by atoms with Crippen LogP contribution in [-0.4, -0.2) is 24.3 Å². The number of aliphatic hydroxyl groups excluding tert-OH is 1. The first-order valence-corrected chi connectivity index (χ1v) is 5.04. The van der Waals surface area contributed by atoms with E-state index in [0.29, 0.717) is 0 Å². The van der Waals surface area contributed by atoms with Crippen molar-refractivity contribution in [3.05, 3.63) is 24.3 Å². The molecule has 1 aromatic carbocycles. The van der Waals surface area contributed by atoms with Gasteiger partial charge in [-0.05, 0) is 31.0 Å². The minimum atomic E-state index is -0.190. The molecule has 3 N–H and O–H groups in total. The highest BCUT2D eigenvalue weighted by atomic mass is 16.3. The molecular weight excluding hydrogens is 176 g/mol. The van der Waals surface area contributed by atoms with Crippen molar-refractivity contribution in [1.29, 1.82) is 0 Å².